The number of quaternary nitrogens is 1. The van der Waals surface area contributed by atoms with E-state index < -0.39 is 0 Å². The molecule has 1 aromatic heterocycles. The van der Waals surface area contributed by atoms with E-state index >= 15 is 0 Å². The zero-order valence-corrected chi connectivity index (χ0v) is 18.7. The van der Waals surface area contributed by atoms with Gasteiger partial charge in [-0.25, -0.2) is 0 Å². The molecule has 1 N–H and O–H groups in total. The van der Waals surface area contributed by atoms with Crippen molar-refractivity contribution in [2.75, 3.05) is 33.3 Å². The van der Waals surface area contributed by atoms with Crippen LogP contribution < -0.4 is 4.90 Å². The van der Waals surface area contributed by atoms with Gasteiger partial charge in [0.25, 0.3) is 0 Å². The molecule has 6 heteroatoms. The number of amides is 1. The summed E-state index contributed by atoms with van der Waals surface area (Å²) in [5.41, 5.74) is 2.72. The standard InChI is InChI=1S/C25H32N2O4/c1-19(2)21-6-4-20(5-7-21)18-26-14-16-27(17-15-26)24(28)12-10-22-8-9-23(31-22)11-13-25(29)30-3/h4-10,12,19H,11,13-18H2,1-3H3/p+1/b12-10+. The zero-order valence-electron chi connectivity index (χ0n) is 18.7. The van der Waals surface area contributed by atoms with Gasteiger partial charge in [0.2, 0.25) is 5.91 Å². The van der Waals surface area contributed by atoms with Gasteiger partial charge in [-0.2, -0.15) is 0 Å². The van der Waals surface area contributed by atoms with E-state index in [-0.39, 0.29) is 18.3 Å². The molecule has 3 rings (SSSR count). The normalized spacial score (nSPS) is 15.0. The van der Waals surface area contributed by atoms with Crippen molar-refractivity contribution in [1.29, 1.82) is 0 Å². The first kappa shape index (κ1) is 22.8. The maximum atomic E-state index is 12.5. The Hall–Kier alpha value is -2.86. The Morgan fingerprint density at radius 2 is 1.84 bits per heavy atom. The third kappa shape index (κ3) is 6.82. The molecule has 1 saturated heterocycles. The smallest absolute Gasteiger partial charge is 0.305 e. The molecule has 6 nitrogen and oxygen atoms in total. The van der Waals surface area contributed by atoms with Crippen LogP contribution in [0.25, 0.3) is 6.08 Å². The number of hydrogen-bond donors (Lipinski definition) is 1. The molecule has 1 aliphatic heterocycles. The van der Waals surface area contributed by atoms with Gasteiger partial charge in [0.15, 0.2) is 0 Å². The van der Waals surface area contributed by atoms with Crippen molar-refractivity contribution in [3.05, 3.63) is 65.1 Å². The molecule has 2 heterocycles. The van der Waals surface area contributed by atoms with Gasteiger partial charge in [-0.3, -0.25) is 9.59 Å². The maximum Gasteiger partial charge on any atom is 0.305 e. The molecule has 0 aliphatic carbocycles. The Labute approximate surface area is 184 Å². The summed E-state index contributed by atoms with van der Waals surface area (Å²) in [5.74, 6) is 1.61. The lowest BCUT2D eigenvalue weighted by molar-refractivity contribution is -0.917. The predicted octanol–water partition coefficient (Wildman–Crippen LogP) is 2.45. The number of benzene rings is 1. The first-order valence-corrected chi connectivity index (χ1v) is 11.0. The highest BCUT2D eigenvalue weighted by Crippen LogP contribution is 2.14. The molecular formula is C25H33N2O4+. The fourth-order valence-electron chi connectivity index (χ4n) is 3.73. The van der Waals surface area contributed by atoms with Gasteiger partial charge >= 0.3 is 5.97 Å². The molecule has 1 aromatic carbocycles. The van der Waals surface area contributed by atoms with Gasteiger partial charge in [0, 0.05) is 18.1 Å². The van der Waals surface area contributed by atoms with E-state index in [0.717, 1.165) is 32.7 Å². The van der Waals surface area contributed by atoms with E-state index in [4.69, 9.17) is 4.42 Å². The molecule has 2 aromatic rings. The van der Waals surface area contributed by atoms with Gasteiger partial charge < -0.3 is 19.0 Å². The molecule has 1 aliphatic rings. The first-order chi connectivity index (χ1) is 14.9. The second-order valence-corrected chi connectivity index (χ2v) is 8.36. The largest absolute Gasteiger partial charge is 0.469 e. The number of esters is 1. The van der Waals surface area contributed by atoms with Crippen molar-refractivity contribution in [2.45, 2.75) is 39.2 Å². The number of carbonyl (C=O) groups excluding carboxylic acids is 2. The van der Waals surface area contributed by atoms with Crippen LogP contribution in [0.2, 0.25) is 0 Å². The number of methoxy groups -OCH3 is 1. The number of furan rings is 1. The summed E-state index contributed by atoms with van der Waals surface area (Å²) in [5, 5.41) is 0. The van der Waals surface area contributed by atoms with Crippen LogP contribution in [0.5, 0.6) is 0 Å². The van der Waals surface area contributed by atoms with Crippen molar-refractivity contribution in [3.8, 4) is 0 Å². The number of nitrogens with one attached hydrogen (secondary N) is 1. The third-order valence-corrected chi connectivity index (χ3v) is 5.76. The van der Waals surface area contributed by atoms with Crippen LogP contribution >= 0.6 is 0 Å². The van der Waals surface area contributed by atoms with E-state index in [1.807, 2.05) is 17.0 Å². The highest BCUT2D eigenvalue weighted by Gasteiger charge is 2.22. The molecule has 166 valence electrons. The predicted molar refractivity (Wildman–Crippen MR) is 120 cm³/mol. The first-order valence-electron chi connectivity index (χ1n) is 11.0. The molecule has 1 fully saturated rings. The Morgan fingerprint density at radius 3 is 2.48 bits per heavy atom. The quantitative estimate of drug-likeness (QED) is 0.521. The zero-order chi connectivity index (χ0) is 22.2. The van der Waals surface area contributed by atoms with Crippen LogP contribution in [0.4, 0.5) is 0 Å². The lowest BCUT2D eigenvalue weighted by Crippen LogP contribution is -3.13. The highest BCUT2D eigenvalue weighted by molar-refractivity contribution is 5.91. The minimum atomic E-state index is -0.266. The number of aryl methyl sites for hydroxylation is 1. The Balaban J connectivity index is 1.43. The molecule has 0 spiro atoms. The van der Waals surface area contributed by atoms with Crippen LogP contribution in [0, 0.1) is 0 Å². The van der Waals surface area contributed by atoms with Crippen LogP contribution in [-0.4, -0.2) is 50.1 Å². The summed E-state index contributed by atoms with van der Waals surface area (Å²) in [6, 6.07) is 12.5. The van der Waals surface area contributed by atoms with Crippen molar-refractivity contribution < 1.29 is 23.6 Å². The second kappa shape index (κ2) is 11.0. The summed E-state index contributed by atoms with van der Waals surface area (Å²) >= 11 is 0. The van der Waals surface area contributed by atoms with E-state index in [9.17, 15) is 9.59 Å². The molecule has 1 amide bonds. The topological polar surface area (TPSA) is 64.2 Å². The molecule has 0 saturated carbocycles. The lowest BCUT2D eigenvalue weighted by Gasteiger charge is -2.31. The van der Waals surface area contributed by atoms with E-state index in [1.165, 1.54) is 23.1 Å². The summed E-state index contributed by atoms with van der Waals surface area (Å²) < 4.78 is 10.3. The molecule has 0 radical (unpaired) electrons. The maximum absolute atomic E-state index is 12.5. The van der Waals surface area contributed by atoms with Gasteiger partial charge in [-0.05, 0) is 29.7 Å². The fourth-order valence-corrected chi connectivity index (χ4v) is 3.73. The van der Waals surface area contributed by atoms with Crippen molar-refractivity contribution in [2.24, 2.45) is 0 Å². The van der Waals surface area contributed by atoms with Crippen LogP contribution in [0.1, 0.15) is 48.8 Å². The van der Waals surface area contributed by atoms with Gasteiger partial charge in [-0.15, -0.1) is 0 Å². The molecular weight excluding hydrogens is 392 g/mol. The summed E-state index contributed by atoms with van der Waals surface area (Å²) in [6.07, 6.45) is 4.03. The monoisotopic (exact) mass is 425 g/mol. The minimum absolute atomic E-state index is 0.00727. The molecule has 0 atom stereocenters. The SMILES string of the molecule is COC(=O)CCc1ccc(/C=C/C(=O)N2CC[NH+](Cc3ccc(C(C)C)cc3)CC2)o1. The average molecular weight is 426 g/mol. The summed E-state index contributed by atoms with van der Waals surface area (Å²) in [6.45, 7) is 8.82. The van der Waals surface area contributed by atoms with Gasteiger partial charge in [0.05, 0.1) is 39.7 Å². The molecule has 31 heavy (non-hydrogen) atoms. The number of nitrogens with zero attached hydrogens (tertiary/aromatic N) is 1. The van der Waals surface area contributed by atoms with Crippen LogP contribution in [-0.2, 0) is 27.3 Å². The second-order valence-electron chi connectivity index (χ2n) is 8.36. The van der Waals surface area contributed by atoms with E-state index in [1.54, 1.807) is 12.2 Å². The van der Waals surface area contributed by atoms with Crippen LogP contribution in [0.3, 0.4) is 0 Å². The Bertz CT molecular complexity index is 891. The third-order valence-electron chi connectivity index (χ3n) is 5.76. The van der Waals surface area contributed by atoms with Gasteiger partial charge in [0.1, 0.15) is 18.1 Å². The highest BCUT2D eigenvalue weighted by atomic mass is 16.5. The number of carbonyl (C=O) groups is 2. The Kier molecular flexibility index (Phi) is 8.06. The van der Waals surface area contributed by atoms with Crippen molar-refractivity contribution >= 4 is 18.0 Å². The summed E-state index contributed by atoms with van der Waals surface area (Å²) in [4.78, 5) is 27.1. The molecule has 0 bridgehead atoms. The number of hydrogen-bond acceptors (Lipinski definition) is 4. The number of rotatable bonds is 8. The van der Waals surface area contributed by atoms with Crippen LogP contribution in [0.15, 0.2) is 46.9 Å². The van der Waals surface area contributed by atoms with Crippen molar-refractivity contribution in [3.63, 3.8) is 0 Å². The fraction of sp³-hybridized carbons (Fsp3) is 0.440. The Morgan fingerprint density at radius 1 is 1.13 bits per heavy atom. The number of ether oxygens (including phenoxy) is 1. The molecule has 0 unspecified atom stereocenters. The summed E-state index contributed by atoms with van der Waals surface area (Å²) in [7, 11) is 1.37. The van der Waals surface area contributed by atoms with Crippen molar-refractivity contribution in [1.82, 2.24) is 4.90 Å². The minimum Gasteiger partial charge on any atom is -0.469 e. The van der Waals surface area contributed by atoms with Gasteiger partial charge in [-0.1, -0.05) is 38.1 Å². The van der Waals surface area contributed by atoms with E-state index in [2.05, 4.69) is 42.8 Å². The lowest BCUT2D eigenvalue weighted by atomic mass is 10.0. The number of piperazine rings is 1. The van der Waals surface area contributed by atoms with E-state index in [0.29, 0.717) is 23.9 Å². The average Bonchev–Trinajstić information content (AvgIpc) is 3.24.